The maximum atomic E-state index is 12.1. The molecule has 3 N–H and O–H groups in total. The topological polar surface area (TPSA) is 75.4 Å². The van der Waals surface area contributed by atoms with Gasteiger partial charge in [-0.05, 0) is 0 Å². The Balaban J connectivity index is 3.81. The van der Waals surface area contributed by atoms with Crippen molar-refractivity contribution < 1.29 is 22.8 Å². The number of hydrogen-bond acceptors (Lipinski definition) is 4. The molecule has 0 aromatic heterocycles. The summed E-state index contributed by atoms with van der Waals surface area (Å²) in [6, 6.07) is 0. The summed E-state index contributed by atoms with van der Waals surface area (Å²) in [5.74, 6) is 2.22. The zero-order chi connectivity index (χ0) is 11.1. The second-order valence-electron chi connectivity index (χ2n) is 2.15. The van der Waals surface area contributed by atoms with E-state index in [1.54, 1.807) is 0 Å². The van der Waals surface area contributed by atoms with Crippen molar-refractivity contribution >= 4 is 12.2 Å². The lowest BCUT2D eigenvalue weighted by atomic mass is 10.4. The van der Waals surface area contributed by atoms with Crippen molar-refractivity contribution in [3.63, 3.8) is 0 Å². The molecule has 0 spiro atoms. The fourth-order valence-electron chi connectivity index (χ4n) is 0.515. The molecule has 0 rings (SSSR count). The first-order valence-corrected chi connectivity index (χ1v) is 3.46. The van der Waals surface area contributed by atoms with Gasteiger partial charge in [-0.15, -0.1) is 0 Å². The SMILES string of the molecule is NN(NCCC(F)=C(F)F)C(=O)C=O. The second kappa shape index (κ2) is 6.11. The van der Waals surface area contributed by atoms with Gasteiger partial charge in [-0.25, -0.2) is 20.8 Å². The number of hydrazine groups is 2. The average molecular weight is 211 g/mol. The summed E-state index contributed by atoms with van der Waals surface area (Å²) in [5, 5.41) is 0.288. The Morgan fingerprint density at radius 3 is 2.43 bits per heavy atom. The largest absolute Gasteiger partial charge is 0.315 e. The predicted octanol–water partition coefficient (Wildman–Crippen LogP) is -0.140. The third kappa shape index (κ3) is 4.58. The highest BCUT2D eigenvalue weighted by Gasteiger charge is 2.08. The van der Waals surface area contributed by atoms with Crippen molar-refractivity contribution in [3.8, 4) is 0 Å². The Bertz CT molecular complexity index is 253. The van der Waals surface area contributed by atoms with E-state index in [9.17, 15) is 22.8 Å². The van der Waals surface area contributed by atoms with Gasteiger partial charge in [0.1, 0.15) is 0 Å². The van der Waals surface area contributed by atoms with Crippen LogP contribution in [0.15, 0.2) is 11.9 Å². The van der Waals surface area contributed by atoms with Gasteiger partial charge >= 0.3 is 12.0 Å². The summed E-state index contributed by atoms with van der Waals surface area (Å²) < 4.78 is 35.1. The third-order valence-corrected chi connectivity index (χ3v) is 1.17. The number of carbonyl (C=O) groups excluding carboxylic acids is 2. The number of nitrogens with zero attached hydrogens (tertiary/aromatic N) is 1. The van der Waals surface area contributed by atoms with E-state index in [-0.39, 0.29) is 17.9 Å². The van der Waals surface area contributed by atoms with E-state index < -0.39 is 24.2 Å². The lowest BCUT2D eigenvalue weighted by Crippen LogP contribution is -2.49. The van der Waals surface area contributed by atoms with Gasteiger partial charge in [0.05, 0.1) is 0 Å². The predicted molar refractivity (Wildman–Crippen MR) is 40.1 cm³/mol. The van der Waals surface area contributed by atoms with Gasteiger partial charge in [-0.1, -0.05) is 0 Å². The van der Waals surface area contributed by atoms with Crippen molar-refractivity contribution in [1.82, 2.24) is 10.5 Å². The maximum absolute atomic E-state index is 12.1. The van der Waals surface area contributed by atoms with Gasteiger partial charge in [-0.3, -0.25) is 9.59 Å². The lowest BCUT2D eigenvalue weighted by molar-refractivity contribution is -0.141. The molecule has 0 saturated carbocycles. The molecular formula is C6H8F3N3O2. The number of nitrogens with two attached hydrogens (primary N) is 1. The Morgan fingerprint density at radius 1 is 1.43 bits per heavy atom. The summed E-state index contributed by atoms with van der Waals surface area (Å²) in [4.78, 5) is 20.3. The van der Waals surface area contributed by atoms with Crippen LogP contribution in [0.25, 0.3) is 0 Å². The number of aldehydes is 1. The number of amides is 1. The van der Waals surface area contributed by atoms with Gasteiger partial charge in [0, 0.05) is 13.0 Å². The van der Waals surface area contributed by atoms with Crippen molar-refractivity contribution in [2.45, 2.75) is 6.42 Å². The van der Waals surface area contributed by atoms with Crippen molar-refractivity contribution in [2.24, 2.45) is 5.84 Å². The van der Waals surface area contributed by atoms with Crippen LogP contribution in [0.3, 0.4) is 0 Å². The van der Waals surface area contributed by atoms with Crippen LogP contribution in [0.4, 0.5) is 13.2 Å². The van der Waals surface area contributed by atoms with E-state index in [1.807, 2.05) is 5.43 Å². The summed E-state index contributed by atoms with van der Waals surface area (Å²) in [6.45, 7) is -0.320. The minimum atomic E-state index is -2.42. The van der Waals surface area contributed by atoms with Crippen LogP contribution in [0.2, 0.25) is 0 Å². The molecule has 0 heterocycles. The van der Waals surface area contributed by atoms with Crippen LogP contribution >= 0.6 is 0 Å². The van der Waals surface area contributed by atoms with Crippen molar-refractivity contribution in [2.75, 3.05) is 6.54 Å². The van der Waals surface area contributed by atoms with Gasteiger partial charge in [0.25, 0.3) is 0 Å². The maximum Gasteiger partial charge on any atom is 0.315 e. The quantitative estimate of drug-likeness (QED) is 0.218. The van der Waals surface area contributed by atoms with E-state index in [1.165, 1.54) is 0 Å². The summed E-state index contributed by atoms with van der Waals surface area (Å²) >= 11 is 0. The number of hydrogen-bond donors (Lipinski definition) is 2. The third-order valence-electron chi connectivity index (χ3n) is 1.17. The highest BCUT2D eigenvalue weighted by molar-refractivity contribution is 6.23. The number of nitrogens with one attached hydrogen (secondary N) is 1. The Kier molecular flexibility index (Phi) is 5.49. The van der Waals surface area contributed by atoms with Crippen LogP contribution in [-0.4, -0.2) is 23.9 Å². The molecule has 0 atom stereocenters. The molecule has 0 bridgehead atoms. The van der Waals surface area contributed by atoms with Crippen LogP contribution in [0.5, 0.6) is 0 Å². The Labute approximate surface area is 77.3 Å². The molecule has 14 heavy (non-hydrogen) atoms. The number of rotatable bonds is 5. The number of carbonyl (C=O) groups is 2. The first-order chi connectivity index (χ1) is 6.49. The van der Waals surface area contributed by atoms with E-state index >= 15 is 0 Å². The molecule has 5 nitrogen and oxygen atoms in total. The normalized spacial score (nSPS) is 9.43. The monoisotopic (exact) mass is 211 g/mol. The molecule has 0 aromatic carbocycles. The zero-order valence-electron chi connectivity index (χ0n) is 6.97. The molecule has 0 aliphatic carbocycles. The molecule has 0 saturated heterocycles. The van der Waals surface area contributed by atoms with Crippen LogP contribution < -0.4 is 11.3 Å². The van der Waals surface area contributed by atoms with E-state index in [0.29, 0.717) is 0 Å². The lowest BCUT2D eigenvalue weighted by Gasteiger charge is -2.13. The van der Waals surface area contributed by atoms with Gasteiger partial charge in [0.15, 0.2) is 5.83 Å². The highest BCUT2D eigenvalue weighted by atomic mass is 19.3. The Morgan fingerprint density at radius 2 is 2.00 bits per heavy atom. The molecule has 0 aliphatic heterocycles. The van der Waals surface area contributed by atoms with Crippen LogP contribution in [-0.2, 0) is 9.59 Å². The summed E-state index contributed by atoms with van der Waals surface area (Å²) in [6.07, 6.45) is -3.12. The molecule has 0 aromatic rings. The summed E-state index contributed by atoms with van der Waals surface area (Å²) in [5.41, 5.74) is 2.04. The molecule has 1 amide bonds. The molecule has 0 radical (unpaired) electrons. The van der Waals surface area contributed by atoms with E-state index in [0.717, 1.165) is 0 Å². The smallest absolute Gasteiger partial charge is 0.292 e. The standard InChI is InChI=1S/C6H8F3N3O2/c7-4(6(8)9)1-2-11-12(10)5(14)3-13/h3,11H,1-2,10H2. The zero-order valence-corrected chi connectivity index (χ0v) is 6.97. The average Bonchev–Trinajstić information content (AvgIpc) is 2.15. The van der Waals surface area contributed by atoms with E-state index in [2.05, 4.69) is 0 Å². The van der Waals surface area contributed by atoms with Crippen molar-refractivity contribution in [1.29, 1.82) is 0 Å². The molecule has 8 heteroatoms. The van der Waals surface area contributed by atoms with Crippen molar-refractivity contribution in [3.05, 3.63) is 11.9 Å². The van der Waals surface area contributed by atoms with Gasteiger partial charge < -0.3 is 0 Å². The minimum Gasteiger partial charge on any atom is -0.292 e. The van der Waals surface area contributed by atoms with Gasteiger partial charge in [0.2, 0.25) is 6.29 Å². The minimum absolute atomic E-state index is 0.0745. The summed E-state index contributed by atoms with van der Waals surface area (Å²) in [7, 11) is 0. The first-order valence-electron chi connectivity index (χ1n) is 3.46. The Hall–Kier alpha value is -1.41. The fourth-order valence-corrected chi connectivity index (χ4v) is 0.515. The van der Waals surface area contributed by atoms with Crippen LogP contribution in [0, 0.1) is 0 Å². The fraction of sp³-hybridized carbons (Fsp3) is 0.333. The second-order valence-corrected chi connectivity index (χ2v) is 2.15. The van der Waals surface area contributed by atoms with Crippen LogP contribution in [0.1, 0.15) is 6.42 Å². The molecule has 0 fully saturated rings. The highest BCUT2D eigenvalue weighted by Crippen LogP contribution is 2.11. The number of halogens is 3. The van der Waals surface area contributed by atoms with E-state index in [4.69, 9.17) is 5.84 Å². The molecule has 0 aliphatic rings. The first kappa shape index (κ1) is 12.6. The molecule has 80 valence electrons. The molecule has 0 unspecified atom stereocenters. The van der Waals surface area contributed by atoms with Gasteiger partial charge in [-0.2, -0.15) is 8.78 Å². The molecular weight excluding hydrogens is 203 g/mol.